The fourth-order valence-electron chi connectivity index (χ4n) is 24.5. The second-order valence-electron chi connectivity index (χ2n) is 40.0. The van der Waals surface area contributed by atoms with Crippen molar-refractivity contribution < 1.29 is 41.7 Å². The molecule has 8 saturated carbocycles. The Morgan fingerprint density at radius 1 is 0.269 bits per heavy atom. The van der Waals surface area contributed by atoms with Gasteiger partial charge in [0, 0.05) is 20.9 Å². The predicted octanol–water partition coefficient (Wildman–Crippen LogP) is 31.8. The van der Waals surface area contributed by atoms with Gasteiger partial charge in [-0.15, -0.1) is 0 Å². The number of fused-ring (bicyclic) bond motifs is 10. The normalized spacial score (nSPS) is 29.7. The van der Waals surface area contributed by atoms with E-state index in [0.717, 1.165) is 10.0 Å². The summed E-state index contributed by atoms with van der Waals surface area (Å²) in [6.07, 6.45) is 43.7. The van der Waals surface area contributed by atoms with Gasteiger partial charge >= 0.3 is 75.7 Å². The first kappa shape index (κ1) is 90.2. The van der Waals surface area contributed by atoms with E-state index in [2.05, 4.69) is 270 Å². The number of rotatable bonds is 8. The third-order valence-electron chi connectivity index (χ3n) is 30.4. The van der Waals surface area contributed by atoms with Crippen molar-refractivity contribution in [2.24, 2.45) is 114 Å². The van der Waals surface area contributed by atoms with Crippen LogP contribution < -0.4 is 0 Å². The average Bonchev–Trinajstić information content (AvgIpc) is 1.52. The van der Waals surface area contributed by atoms with E-state index in [1.165, 1.54) is 125 Å². The SMILES string of the molecule is CC1(C)CCC(C)(C)C2=CC3C(C=C21)C1C=C2C(=CC1C3C(c1ccc(Cl)cc1)(c1ccc(Cl)cc1)C1CCCC1)C(C)(C)CCC2(C)C.Cc1ccc(C(c2ccc(C)cc2)(C2CCCC2)C2C3C=C4C(=CC3C3C=C5C(=CC32)C(C)(C)CCC5(C)C)C(C)(C)CCC4(C)C)cc1.[CH3-].[CH3-].[CH3-].[CH3-].[Cl][Zr+2][Cl].[Cl][Zr+2][Cl]. The molecule has 12 aliphatic carbocycles. The number of aryl methyl sites for hydroxylation is 2. The van der Waals surface area contributed by atoms with Crippen molar-refractivity contribution in [1.82, 2.24) is 0 Å². The Bertz CT molecular complexity index is 3580. The molecule has 0 bridgehead atoms. The summed E-state index contributed by atoms with van der Waals surface area (Å²) in [6, 6.07) is 38.2. The van der Waals surface area contributed by atoms with E-state index >= 15 is 0 Å². The zero-order valence-corrected chi connectivity index (χ0v) is 79.8. The number of hydrogen-bond donors (Lipinski definition) is 0. The average molecular weight is 1730 g/mol. The fourth-order valence-corrected chi connectivity index (χ4v) is 24.7. The molecule has 0 N–H and O–H groups in total. The van der Waals surface area contributed by atoms with E-state index in [-0.39, 0.29) is 83.9 Å². The molecule has 0 aliphatic heterocycles. The number of halogens is 6. The van der Waals surface area contributed by atoms with Crippen LogP contribution in [-0.4, -0.2) is 0 Å². The van der Waals surface area contributed by atoms with E-state index in [9.17, 15) is 0 Å². The maximum absolute atomic E-state index is 6.69. The molecule has 0 amide bonds. The first-order valence-corrected chi connectivity index (χ1v) is 53.8. The molecule has 0 nitrogen and oxygen atoms in total. The number of benzene rings is 4. The minimum absolute atomic E-state index is 0. The molecular formula is C100H134Cl6Zr2. The molecule has 0 spiro atoms. The Kier molecular flexibility index (Phi) is 28.2. The Morgan fingerprint density at radius 3 is 0.602 bits per heavy atom. The van der Waals surface area contributed by atoms with E-state index < -0.39 is 41.7 Å². The summed E-state index contributed by atoms with van der Waals surface area (Å²) in [5, 5.41) is 1.64. The Morgan fingerprint density at radius 2 is 0.426 bits per heavy atom. The number of hydrogen-bond acceptors (Lipinski definition) is 0. The third kappa shape index (κ3) is 15.9. The van der Waals surface area contributed by atoms with Crippen LogP contribution in [0.2, 0.25) is 10.0 Å². The van der Waals surface area contributed by atoms with Crippen LogP contribution in [0.25, 0.3) is 0 Å². The van der Waals surface area contributed by atoms with Gasteiger partial charge in [0.25, 0.3) is 0 Å². The molecule has 8 fully saturated rings. The molecule has 8 heteroatoms. The van der Waals surface area contributed by atoms with E-state index in [1.54, 1.807) is 55.7 Å². The molecule has 108 heavy (non-hydrogen) atoms. The zero-order chi connectivity index (χ0) is 74.9. The van der Waals surface area contributed by atoms with Gasteiger partial charge in [0.05, 0.1) is 0 Å². The fraction of sp³-hybridized carbons (Fsp3) is 0.560. The van der Waals surface area contributed by atoms with Gasteiger partial charge in [0.15, 0.2) is 0 Å². The molecule has 0 radical (unpaired) electrons. The summed E-state index contributed by atoms with van der Waals surface area (Å²) < 4.78 is 0. The van der Waals surface area contributed by atoms with Crippen LogP contribution in [0.1, 0.15) is 247 Å². The van der Waals surface area contributed by atoms with Crippen molar-refractivity contribution in [2.75, 3.05) is 0 Å². The van der Waals surface area contributed by atoms with Crippen LogP contribution >= 0.6 is 57.3 Å². The van der Waals surface area contributed by atoms with Gasteiger partial charge in [-0.2, -0.15) is 0 Å². The van der Waals surface area contributed by atoms with E-state index in [0.29, 0.717) is 71.0 Å². The zero-order valence-electron chi connectivity index (χ0n) is 70.4. The van der Waals surface area contributed by atoms with Crippen LogP contribution in [0.5, 0.6) is 0 Å². The van der Waals surface area contributed by atoms with Crippen molar-refractivity contribution in [3.05, 3.63) is 263 Å². The standard InChI is InChI=1S/C49H64.C47H58Cl2.4CH3.4ClH.2Zr/c1-31-15-19-34(20-16-31)49(33-13-11-12-14-33,35-21-17-32(2)18-22-35)44-38-29-42-40(45(3,4)23-25-47(42,7)8)27-36(38)37-28-41-43(30-39(37)44)48(9,10)26-24-46(41,5)6;1-43(2)21-23-45(5,6)40-27-36-34(25-38(40)43)35-26-39-41(46(7,8)24-22-44(39,3)4)28-37(35)42(36)47(29-11-9-10-12-29,30-13-17-32(48)18-14-30)31-15-19-33(49)20-16-31;;;;;;;;;;/h15-22,27-30,33,36-39,44H,11-14,23-26H2,1-10H3;13-20,25-29,34-37,42H,9-12,21-24H2,1-8H3;4*1H3;4*1H;;/q;;4*-1;;;;;2*+4/p-4. The summed E-state index contributed by atoms with van der Waals surface area (Å²) in [5.41, 5.74) is 23.5. The first-order chi connectivity index (χ1) is 48.9. The van der Waals surface area contributed by atoms with Gasteiger partial charge in [0.1, 0.15) is 0 Å². The monoisotopic (exact) mass is 1720 g/mol. The van der Waals surface area contributed by atoms with Crippen LogP contribution in [0.15, 0.2) is 190 Å². The molecule has 16 rings (SSSR count). The van der Waals surface area contributed by atoms with Crippen molar-refractivity contribution in [1.29, 1.82) is 0 Å². The van der Waals surface area contributed by atoms with E-state index in [4.69, 9.17) is 57.3 Å². The third-order valence-corrected chi connectivity index (χ3v) is 30.9. The second kappa shape index (κ2) is 33.7. The molecule has 0 aromatic heterocycles. The summed E-state index contributed by atoms with van der Waals surface area (Å²) in [4.78, 5) is 0. The van der Waals surface area contributed by atoms with Crippen LogP contribution in [0, 0.1) is 158 Å². The first-order valence-electron chi connectivity index (χ1n) is 40.3. The summed E-state index contributed by atoms with van der Waals surface area (Å²) >= 11 is 11.7. The van der Waals surface area contributed by atoms with Gasteiger partial charge in [-0.1, -0.05) is 292 Å². The van der Waals surface area contributed by atoms with Gasteiger partial charge < -0.3 is 29.7 Å². The van der Waals surface area contributed by atoms with Crippen molar-refractivity contribution >= 4 is 57.3 Å². The molecule has 4 aromatic rings. The molecule has 584 valence electrons. The van der Waals surface area contributed by atoms with Gasteiger partial charge in [-0.25, -0.2) is 0 Å². The molecule has 8 unspecified atom stereocenters. The summed E-state index contributed by atoms with van der Waals surface area (Å²) in [5.74, 6) is 6.01. The minimum atomic E-state index is -0.826. The van der Waals surface area contributed by atoms with E-state index in [1.807, 2.05) is 0 Å². The van der Waals surface area contributed by atoms with Gasteiger partial charge in [-0.3, -0.25) is 0 Å². The molecule has 0 heterocycles. The van der Waals surface area contributed by atoms with Gasteiger partial charge in [0.2, 0.25) is 0 Å². The van der Waals surface area contributed by atoms with Gasteiger partial charge in [-0.05, 0) is 296 Å². The Balaban J connectivity index is 0.000000225. The van der Waals surface area contributed by atoms with Crippen LogP contribution in [-0.2, 0) is 52.5 Å². The quantitative estimate of drug-likeness (QED) is 0.154. The van der Waals surface area contributed by atoms with Crippen molar-refractivity contribution in [3.8, 4) is 0 Å². The molecule has 0 saturated heterocycles. The second-order valence-corrected chi connectivity index (χ2v) is 48.3. The molecule has 4 aromatic carbocycles. The van der Waals surface area contributed by atoms with Crippen molar-refractivity contribution in [3.63, 3.8) is 0 Å². The summed E-state index contributed by atoms with van der Waals surface area (Å²) in [6.45, 7) is 45.0. The molecular weight excluding hydrogens is 1600 g/mol. The maximum atomic E-state index is 6.69. The van der Waals surface area contributed by atoms with Crippen LogP contribution in [0.3, 0.4) is 0 Å². The summed E-state index contributed by atoms with van der Waals surface area (Å²) in [7, 11) is 19.7. The Hall–Kier alpha value is -1.69. The molecule has 8 atom stereocenters. The Labute approximate surface area is 707 Å². The molecule has 12 aliphatic rings. The number of allylic oxidation sites excluding steroid dienone is 16. The van der Waals surface area contributed by atoms with Crippen LogP contribution in [0.4, 0.5) is 0 Å². The predicted molar refractivity (Wildman–Crippen MR) is 467 cm³/mol. The van der Waals surface area contributed by atoms with Crippen molar-refractivity contribution in [2.45, 2.75) is 238 Å². The topological polar surface area (TPSA) is 0 Å².